The number of ether oxygens (including phenoxy) is 1. The zero-order valence-electron chi connectivity index (χ0n) is 23.0. The number of unbranched alkanes of at least 4 members (excludes halogenated alkanes) is 3. The molecular formula is C31H40N4O4. The van der Waals surface area contributed by atoms with Crippen LogP contribution in [0, 0.1) is 12.8 Å². The lowest BCUT2D eigenvalue weighted by Crippen LogP contribution is -2.53. The number of nitrogens with zero attached hydrogens (tertiary/aromatic N) is 2. The molecule has 1 aliphatic heterocycles. The second-order valence-corrected chi connectivity index (χ2v) is 10.5. The average Bonchev–Trinajstić information content (AvgIpc) is 2.95. The fraction of sp³-hybridized carbons (Fsp3) is 0.452. The fourth-order valence-electron chi connectivity index (χ4n) is 5.35. The van der Waals surface area contributed by atoms with Crippen LogP contribution in [0.4, 0.5) is 0 Å². The number of hydrogen-bond donors (Lipinski definition) is 3. The number of pyridine rings is 1. The molecule has 8 heteroatoms. The number of aryl methyl sites for hydroxylation is 1. The average molecular weight is 533 g/mol. The van der Waals surface area contributed by atoms with Gasteiger partial charge in [-0.15, -0.1) is 0 Å². The van der Waals surface area contributed by atoms with Crippen LogP contribution in [-0.4, -0.2) is 52.6 Å². The van der Waals surface area contributed by atoms with Gasteiger partial charge in [0.05, 0.1) is 5.52 Å². The molecule has 0 bridgehead atoms. The second kappa shape index (κ2) is 14.1. The highest BCUT2D eigenvalue weighted by molar-refractivity contribution is 5.94. The number of carbonyl (C=O) groups is 2. The molecule has 1 aliphatic rings. The molecule has 0 unspecified atom stereocenters. The first kappa shape index (κ1) is 28.5. The van der Waals surface area contributed by atoms with Crippen LogP contribution >= 0.6 is 0 Å². The molecule has 1 saturated heterocycles. The van der Waals surface area contributed by atoms with Gasteiger partial charge >= 0.3 is 0 Å². The highest BCUT2D eigenvalue weighted by Crippen LogP contribution is 2.24. The number of hydrogen-bond acceptors (Lipinski definition) is 6. The molecule has 8 nitrogen and oxygen atoms in total. The van der Waals surface area contributed by atoms with Gasteiger partial charge in [0.2, 0.25) is 5.91 Å². The molecule has 2 amide bonds. The number of para-hydroxylation sites is 1. The Labute approximate surface area is 230 Å². The standard InChI is InChI=1S/C31H40N4O4/c1-3-4-5-8-16-35-17-15-24(19-30(36)34-38)29(20-35)33-31(37)23-11-13-26(14-12-23)39-21-25-18-22(2)32-28-10-7-6-9-27(25)28/h6-7,9-14,18,24,29,38H,3-5,8,15-17,19-21H2,1-2H3,(H,33,37)(H,34,36)/t24-,29+/m0/s1. The lowest BCUT2D eigenvalue weighted by molar-refractivity contribution is -0.130. The van der Waals surface area contributed by atoms with E-state index < -0.39 is 5.91 Å². The minimum Gasteiger partial charge on any atom is -0.489 e. The summed E-state index contributed by atoms with van der Waals surface area (Å²) in [4.78, 5) is 32.0. The molecule has 2 aromatic carbocycles. The Balaban J connectivity index is 1.37. The maximum Gasteiger partial charge on any atom is 0.251 e. The minimum absolute atomic E-state index is 0.0331. The van der Waals surface area contributed by atoms with Gasteiger partial charge in [0.25, 0.3) is 5.91 Å². The third-order valence-corrected chi connectivity index (χ3v) is 7.50. The summed E-state index contributed by atoms with van der Waals surface area (Å²) in [6.45, 7) is 7.15. The minimum atomic E-state index is -0.422. The van der Waals surface area contributed by atoms with Gasteiger partial charge in [-0.1, -0.05) is 44.4 Å². The zero-order valence-corrected chi connectivity index (χ0v) is 23.0. The quantitative estimate of drug-likeness (QED) is 0.172. The van der Waals surface area contributed by atoms with Crippen LogP contribution in [0.1, 0.15) is 67.1 Å². The van der Waals surface area contributed by atoms with Crippen molar-refractivity contribution in [3.05, 3.63) is 71.4 Å². The number of fused-ring (bicyclic) bond motifs is 1. The van der Waals surface area contributed by atoms with Gasteiger partial charge in [0, 0.05) is 41.2 Å². The Morgan fingerprint density at radius 1 is 1.10 bits per heavy atom. The summed E-state index contributed by atoms with van der Waals surface area (Å²) in [6.07, 6.45) is 5.73. The van der Waals surface area contributed by atoms with Gasteiger partial charge in [-0.2, -0.15) is 0 Å². The van der Waals surface area contributed by atoms with Crippen LogP contribution < -0.4 is 15.5 Å². The first-order valence-electron chi connectivity index (χ1n) is 14.0. The SMILES string of the molecule is CCCCCCN1CC[C@@H](CC(=O)NO)[C@H](NC(=O)c2ccc(OCc3cc(C)nc4ccccc34)cc2)C1. The molecule has 2 heterocycles. The van der Waals surface area contributed by atoms with E-state index in [4.69, 9.17) is 9.94 Å². The Morgan fingerprint density at radius 2 is 1.90 bits per heavy atom. The summed E-state index contributed by atoms with van der Waals surface area (Å²) in [5.41, 5.74) is 5.23. The summed E-state index contributed by atoms with van der Waals surface area (Å²) in [5, 5.41) is 13.3. The van der Waals surface area contributed by atoms with Crippen molar-refractivity contribution < 1.29 is 19.5 Å². The normalized spacial score (nSPS) is 17.6. The van der Waals surface area contributed by atoms with Gasteiger partial charge in [-0.05, 0) is 75.2 Å². The number of nitrogens with one attached hydrogen (secondary N) is 2. The number of likely N-dealkylation sites (tertiary alicyclic amines) is 1. The molecule has 2 atom stereocenters. The van der Waals surface area contributed by atoms with E-state index in [9.17, 15) is 9.59 Å². The van der Waals surface area contributed by atoms with Crippen molar-refractivity contribution in [2.45, 2.75) is 65.0 Å². The van der Waals surface area contributed by atoms with E-state index in [1.165, 1.54) is 19.3 Å². The van der Waals surface area contributed by atoms with Crippen LogP contribution in [0.5, 0.6) is 5.75 Å². The number of rotatable bonds is 12. The first-order valence-corrected chi connectivity index (χ1v) is 14.0. The van der Waals surface area contributed by atoms with Crippen LogP contribution in [-0.2, 0) is 11.4 Å². The van der Waals surface area contributed by atoms with Crippen molar-refractivity contribution >= 4 is 22.7 Å². The van der Waals surface area contributed by atoms with Crippen molar-refractivity contribution in [1.29, 1.82) is 0 Å². The van der Waals surface area contributed by atoms with E-state index in [1.54, 1.807) is 17.6 Å². The van der Waals surface area contributed by atoms with E-state index in [-0.39, 0.29) is 24.3 Å². The third kappa shape index (κ3) is 8.00. The van der Waals surface area contributed by atoms with Crippen molar-refractivity contribution in [2.75, 3.05) is 19.6 Å². The topological polar surface area (TPSA) is 104 Å². The molecule has 1 aromatic heterocycles. The van der Waals surface area contributed by atoms with Crippen LogP contribution in [0.2, 0.25) is 0 Å². The lowest BCUT2D eigenvalue weighted by atomic mass is 9.88. The Hall–Kier alpha value is -3.49. The summed E-state index contributed by atoms with van der Waals surface area (Å²) >= 11 is 0. The Kier molecular flexibility index (Phi) is 10.3. The third-order valence-electron chi connectivity index (χ3n) is 7.50. The molecule has 4 rings (SSSR count). The molecule has 0 saturated carbocycles. The maximum atomic E-state index is 13.2. The predicted molar refractivity (Wildman–Crippen MR) is 152 cm³/mol. The van der Waals surface area contributed by atoms with E-state index in [2.05, 4.69) is 22.1 Å². The van der Waals surface area contributed by atoms with Crippen LogP contribution in [0.25, 0.3) is 10.9 Å². The summed E-state index contributed by atoms with van der Waals surface area (Å²) < 4.78 is 6.05. The van der Waals surface area contributed by atoms with Crippen LogP contribution in [0.3, 0.4) is 0 Å². The molecule has 0 aliphatic carbocycles. The highest BCUT2D eigenvalue weighted by Gasteiger charge is 2.32. The Bertz CT molecular complexity index is 1250. The number of aromatic nitrogens is 1. The zero-order chi connectivity index (χ0) is 27.6. The molecule has 208 valence electrons. The number of hydroxylamine groups is 1. The molecule has 39 heavy (non-hydrogen) atoms. The highest BCUT2D eigenvalue weighted by atomic mass is 16.5. The van der Waals surface area contributed by atoms with Crippen LogP contribution in [0.15, 0.2) is 54.6 Å². The number of amides is 2. The largest absolute Gasteiger partial charge is 0.489 e. The van der Waals surface area contributed by atoms with E-state index in [0.717, 1.165) is 48.1 Å². The molecule has 3 N–H and O–H groups in total. The molecule has 3 aromatic rings. The van der Waals surface area contributed by atoms with E-state index in [0.29, 0.717) is 24.5 Å². The van der Waals surface area contributed by atoms with Crippen molar-refractivity contribution in [2.24, 2.45) is 5.92 Å². The molecule has 1 fully saturated rings. The van der Waals surface area contributed by atoms with Gasteiger partial charge in [-0.25, -0.2) is 5.48 Å². The first-order chi connectivity index (χ1) is 19.0. The van der Waals surface area contributed by atoms with E-state index >= 15 is 0 Å². The number of piperidine rings is 1. The predicted octanol–water partition coefficient (Wildman–Crippen LogP) is 5.02. The van der Waals surface area contributed by atoms with Gasteiger partial charge in [0.1, 0.15) is 12.4 Å². The monoisotopic (exact) mass is 532 g/mol. The second-order valence-electron chi connectivity index (χ2n) is 10.5. The summed E-state index contributed by atoms with van der Waals surface area (Å²) in [5.74, 6) is 0.0478. The van der Waals surface area contributed by atoms with Gasteiger partial charge < -0.3 is 15.0 Å². The number of benzene rings is 2. The Morgan fingerprint density at radius 3 is 2.67 bits per heavy atom. The lowest BCUT2D eigenvalue weighted by Gasteiger charge is -2.38. The fourth-order valence-corrected chi connectivity index (χ4v) is 5.35. The summed E-state index contributed by atoms with van der Waals surface area (Å²) in [6, 6.07) is 17.0. The smallest absolute Gasteiger partial charge is 0.251 e. The maximum absolute atomic E-state index is 13.2. The van der Waals surface area contributed by atoms with E-state index in [1.807, 2.05) is 49.4 Å². The van der Waals surface area contributed by atoms with Crippen molar-refractivity contribution in [3.63, 3.8) is 0 Å². The van der Waals surface area contributed by atoms with Gasteiger partial charge in [-0.3, -0.25) is 19.8 Å². The van der Waals surface area contributed by atoms with Crippen molar-refractivity contribution in [3.8, 4) is 5.75 Å². The number of carbonyl (C=O) groups excluding carboxylic acids is 2. The van der Waals surface area contributed by atoms with Gasteiger partial charge in [0.15, 0.2) is 0 Å². The molecule has 0 spiro atoms. The molecular weight excluding hydrogens is 492 g/mol. The van der Waals surface area contributed by atoms with Crippen molar-refractivity contribution in [1.82, 2.24) is 20.7 Å². The summed E-state index contributed by atoms with van der Waals surface area (Å²) in [7, 11) is 0. The molecule has 0 radical (unpaired) electrons.